The van der Waals surface area contributed by atoms with Crippen molar-refractivity contribution in [3.63, 3.8) is 0 Å². The van der Waals surface area contributed by atoms with Crippen LogP contribution in [0.25, 0.3) is 11.1 Å². The van der Waals surface area contributed by atoms with E-state index in [1.165, 1.54) is 0 Å². The fraction of sp³-hybridized carbons (Fsp3) is 0.211. The second-order valence-electron chi connectivity index (χ2n) is 6.15. The summed E-state index contributed by atoms with van der Waals surface area (Å²) >= 11 is 0. The third kappa shape index (κ3) is 2.98. The molecule has 1 fully saturated rings. The highest BCUT2D eigenvalue weighted by Crippen LogP contribution is 2.29. The molecule has 126 valence electrons. The van der Waals surface area contributed by atoms with Crippen LogP contribution in [-0.4, -0.2) is 23.3 Å². The Labute approximate surface area is 144 Å². The van der Waals surface area contributed by atoms with E-state index >= 15 is 0 Å². The number of amides is 2. The molecule has 0 unspecified atom stereocenters. The number of hydrogen-bond donors (Lipinski definition) is 1. The molecule has 1 aromatic heterocycles. The third-order valence-corrected chi connectivity index (χ3v) is 4.33. The molecular formula is C19H17N3O3. The maximum absolute atomic E-state index is 12.4. The first-order valence-corrected chi connectivity index (χ1v) is 8.13. The summed E-state index contributed by atoms with van der Waals surface area (Å²) in [7, 11) is 0. The zero-order valence-corrected chi connectivity index (χ0v) is 13.7. The molecule has 2 aromatic carbocycles. The number of aryl methyl sites for hydroxylation is 1. The molecule has 0 bridgehead atoms. The Bertz CT molecular complexity index is 949. The molecular weight excluding hydrogens is 318 g/mol. The number of anilines is 2. The molecule has 25 heavy (non-hydrogen) atoms. The van der Waals surface area contributed by atoms with E-state index < -0.39 is 0 Å². The van der Waals surface area contributed by atoms with Gasteiger partial charge >= 0.3 is 0 Å². The lowest BCUT2D eigenvalue weighted by molar-refractivity contribution is -0.122. The Kier molecular flexibility index (Phi) is 3.72. The zero-order valence-electron chi connectivity index (χ0n) is 13.7. The van der Waals surface area contributed by atoms with Crippen molar-refractivity contribution in [2.75, 3.05) is 16.8 Å². The molecule has 3 aromatic rings. The number of aromatic nitrogens is 1. The van der Waals surface area contributed by atoms with E-state index in [0.717, 1.165) is 11.4 Å². The molecule has 1 aliphatic rings. The summed E-state index contributed by atoms with van der Waals surface area (Å²) in [6.07, 6.45) is 0.203. The van der Waals surface area contributed by atoms with Gasteiger partial charge in [-0.3, -0.25) is 9.59 Å². The highest BCUT2D eigenvalue weighted by Gasteiger charge is 2.35. The van der Waals surface area contributed by atoms with E-state index in [9.17, 15) is 9.59 Å². The lowest BCUT2D eigenvalue weighted by atomic mass is 10.1. The smallest absolute Gasteiger partial charge is 0.229 e. The monoisotopic (exact) mass is 335 g/mol. The number of para-hydroxylation sites is 1. The molecule has 0 radical (unpaired) electrons. The fourth-order valence-electron chi connectivity index (χ4n) is 3.10. The van der Waals surface area contributed by atoms with Gasteiger partial charge in [0.25, 0.3) is 0 Å². The van der Waals surface area contributed by atoms with Gasteiger partial charge in [-0.15, -0.1) is 0 Å². The van der Waals surface area contributed by atoms with E-state index in [1.54, 1.807) is 17.9 Å². The van der Waals surface area contributed by atoms with Crippen LogP contribution in [0.1, 0.15) is 12.3 Å². The lowest BCUT2D eigenvalue weighted by Gasteiger charge is -2.16. The summed E-state index contributed by atoms with van der Waals surface area (Å²) < 4.78 is 5.46. The van der Waals surface area contributed by atoms with Crippen molar-refractivity contribution in [1.82, 2.24) is 4.98 Å². The number of fused-ring (bicyclic) bond motifs is 1. The van der Waals surface area contributed by atoms with Crippen molar-refractivity contribution in [3.8, 4) is 0 Å². The largest absolute Gasteiger partial charge is 0.441 e. The van der Waals surface area contributed by atoms with Crippen LogP contribution in [0.4, 0.5) is 11.4 Å². The number of carbonyl (C=O) groups is 2. The zero-order chi connectivity index (χ0) is 17.4. The number of nitrogens with zero attached hydrogens (tertiary/aromatic N) is 2. The van der Waals surface area contributed by atoms with E-state index in [-0.39, 0.29) is 24.2 Å². The predicted octanol–water partition coefficient (Wildman–Crippen LogP) is 3.13. The molecule has 1 atom stereocenters. The average Bonchev–Trinajstić information content (AvgIpc) is 3.16. The van der Waals surface area contributed by atoms with Crippen LogP contribution in [-0.2, 0) is 9.59 Å². The molecule has 2 amide bonds. The SMILES string of the molecule is Cc1nc2cc(N3C[C@@H](C(=O)Nc4ccccc4)CC3=O)ccc2o1. The lowest BCUT2D eigenvalue weighted by Crippen LogP contribution is -2.28. The standard InChI is InChI=1S/C19H17N3O3/c1-12-20-16-10-15(7-8-17(16)25-12)22-11-13(9-18(22)23)19(24)21-14-5-3-2-4-6-14/h2-8,10,13H,9,11H2,1H3,(H,21,24)/t13-/m0/s1. The summed E-state index contributed by atoms with van der Waals surface area (Å²) in [5.41, 5.74) is 2.87. The van der Waals surface area contributed by atoms with E-state index in [4.69, 9.17) is 4.42 Å². The first-order chi connectivity index (χ1) is 12.1. The maximum atomic E-state index is 12.4. The van der Waals surface area contributed by atoms with Crippen LogP contribution in [0.15, 0.2) is 52.9 Å². The van der Waals surface area contributed by atoms with Crippen molar-refractivity contribution in [1.29, 1.82) is 0 Å². The number of nitrogens with one attached hydrogen (secondary N) is 1. The van der Waals surface area contributed by atoms with Gasteiger partial charge < -0.3 is 14.6 Å². The highest BCUT2D eigenvalue weighted by molar-refractivity contribution is 6.04. The normalized spacial score (nSPS) is 17.2. The van der Waals surface area contributed by atoms with Crippen LogP contribution in [0.5, 0.6) is 0 Å². The Morgan fingerprint density at radius 1 is 1.24 bits per heavy atom. The van der Waals surface area contributed by atoms with Crippen molar-refractivity contribution < 1.29 is 14.0 Å². The quantitative estimate of drug-likeness (QED) is 0.798. The van der Waals surface area contributed by atoms with Gasteiger partial charge in [0, 0.05) is 31.3 Å². The highest BCUT2D eigenvalue weighted by atomic mass is 16.3. The Morgan fingerprint density at radius 3 is 2.84 bits per heavy atom. The fourth-order valence-corrected chi connectivity index (χ4v) is 3.10. The van der Waals surface area contributed by atoms with E-state index in [2.05, 4.69) is 10.3 Å². The van der Waals surface area contributed by atoms with Crippen LogP contribution in [0.3, 0.4) is 0 Å². The molecule has 1 N–H and O–H groups in total. The molecule has 2 heterocycles. The van der Waals surface area contributed by atoms with Gasteiger partial charge in [0.05, 0.1) is 5.92 Å². The van der Waals surface area contributed by atoms with Crippen LogP contribution in [0, 0.1) is 12.8 Å². The average molecular weight is 335 g/mol. The van der Waals surface area contributed by atoms with Gasteiger partial charge in [-0.1, -0.05) is 18.2 Å². The summed E-state index contributed by atoms with van der Waals surface area (Å²) in [6.45, 7) is 2.14. The molecule has 1 aliphatic heterocycles. The van der Waals surface area contributed by atoms with Gasteiger partial charge in [-0.25, -0.2) is 4.98 Å². The second kappa shape index (κ2) is 6.05. The van der Waals surface area contributed by atoms with Crippen LogP contribution < -0.4 is 10.2 Å². The van der Waals surface area contributed by atoms with Gasteiger partial charge in [0.15, 0.2) is 11.5 Å². The minimum absolute atomic E-state index is 0.0622. The minimum Gasteiger partial charge on any atom is -0.441 e. The molecule has 0 aliphatic carbocycles. The Morgan fingerprint density at radius 2 is 2.04 bits per heavy atom. The number of benzene rings is 2. The maximum Gasteiger partial charge on any atom is 0.229 e. The van der Waals surface area contributed by atoms with Crippen LogP contribution >= 0.6 is 0 Å². The molecule has 6 heteroatoms. The molecule has 6 nitrogen and oxygen atoms in total. The van der Waals surface area contributed by atoms with Gasteiger partial charge in [0.2, 0.25) is 11.8 Å². The van der Waals surface area contributed by atoms with Crippen molar-refractivity contribution in [2.24, 2.45) is 5.92 Å². The second-order valence-corrected chi connectivity index (χ2v) is 6.15. The molecule has 1 saturated heterocycles. The van der Waals surface area contributed by atoms with Crippen LogP contribution in [0.2, 0.25) is 0 Å². The predicted molar refractivity (Wildman–Crippen MR) is 94.3 cm³/mol. The molecule has 0 spiro atoms. The molecule has 4 rings (SSSR count). The number of rotatable bonds is 3. The molecule has 0 saturated carbocycles. The topological polar surface area (TPSA) is 75.4 Å². The number of carbonyl (C=O) groups excluding carboxylic acids is 2. The summed E-state index contributed by atoms with van der Waals surface area (Å²) in [5.74, 6) is 0.00986. The van der Waals surface area contributed by atoms with Crippen molar-refractivity contribution in [2.45, 2.75) is 13.3 Å². The van der Waals surface area contributed by atoms with E-state index in [0.29, 0.717) is 23.5 Å². The van der Waals surface area contributed by atoms with Gasteiger partial charge in [0.1, 0.15) is 5.52 Å². The summed E-state index contributed by atoms with van der Waals surface area (Å²) in [6, 6.07) is 14.7. The third-order valence-electron chi connectivity index (χ3n) is 4.33. The van der Waals surface area contributed by atoms with E-state index in [1.807, 2.05) is 42.5 Å². The van der Waals surface area contributed by atoms with Gasteiger partial charge in [-0.05, 0) is 30.3 Å². The van der Waals surface area contributed by atoms with Crippen molar-refractivity contribution >= 4 is 34.3 Å². The number of oxazole rings is 1. The minimum atomic E-state index is -0.373. The Balaban J connectivity index is 1.52. The first kappa shape index (κ1) is 15.4. The van der Waals surface area contributed by atoms with Gasteiger partial charge in [-0.2, -0.15) is 0 Å². The summed E-state index contributed by atoms with van der Waals surface area (Å²) in [5, 5.41) is 2.86. The Hall–Kier alpha value is -3.15. The number of hydrogen-bond acceptors (Lipinski definition) is 4. The summed E-state index contributed by atoms with van der Waals surface area (Å²) in [4.78, 5) is 30.8. The first-order valence-electron chi connectivity index (χ1n) is 8.13. The van der Waals surface area contributed by atoms with Crippen molar-refractivity contribution in [3.05, 3.63) is 54.4 Å².